The Morgan fingerprint density at radius 2 is 2.41 bits per heavy atom. The average molecular weight is 254 g/mol. The molecule has 0 bridgehead atoms. The summed E-state index contributed by atoms with van der Waals surface area (Å²) >= 11 is 5.17. The maximum Gasteiger partial charge on any atom is 0.221 e. The first-order valence-corrected chi connectivity index (χ1v) is 6.55. The first-order valence-electron chi connectivity index (χ1n) is 6.14. The zero-order chi connectivity index (χ0) is 12.3. The van der Waals surface area contributed by atoms with Gasteiger partial charge in [0.15, 0.2) is 4.77 Å². The van der Waals surface area contributed by atoms with Gasteiger partial charge >= 0.3 is 0 Å². The number of nitrogens with one attached hydrogen (secondary N) is 2. The van der Waals surface area contributed by atoms with Gasteiger partial charge in [0.05, 0.1) is 0 Å². The number of carbonyl (C=O) groups is 1. The molecule has 1 aromatic heterocycles. The highest BCUT2D eigenvalue weighted by Gasteiger charge is 2.28. The van der Waals surface area contributed by atoms with Crippen LogP contribution in [0.15, 0.2) is 0 Å². The molecular formula is C11H18N4OS. The fourth-order valence-corrected chi connectivity index (χ4v) is 2.00. The lowest BCUT2D eigenvalue weighted by atomic mass is 10.3. The largest absolute Gasteiger partial charge is 0.356 e. The Kier molecular flexibility index (Phi) is 3.93. The van der Waals surface area contributed by atoms with Crippen molar-refractivity contribution in [1.29, 1.82) is 0 Å². The molecule has 0 radical (unpaired) electrons. The van der Waals surface area contributed by atoms with Crippen LogP contribution in [0.1, 0.15) is 44.3 Å². The molecule has 1 amide bonds. The fourth-order valence-electron chi connectivity index (χ4n) is 1.77. The summed E-state index contributed by atoms with van der Waals surface area (Å²) in [5.41, 5.74) is 0. The van der Waals surface area contributed by atoms with E-state index in [1.165, 1.54) is 12.8 Å². The Hall–Kier alpha value is -1.17. The third kappa shape index (κ3) is 3.15. The van der Waals surface area contributed by atoms with Gasteiger partial charge in [0.25, 0.3) is 0 Å². The van der Waals surface area contributed by atoms with Gasteiger partial charge in [-0.25, -0.2) is 0 Å². The summed E-state index contributed by atoms with van der Waals surface area (Å²) < 4.78 is 2.58. The van der Waals surface area contributed by atoms with Crippen molar-refractivity contribution in [2.24, 2.45) is 0 Å². The second kappa shape index (κ2) is 5.44. The van der Waals surface area contributed by atoms with Gasteiger partial charge in [-0.15, -0.1) is 0 Å². The van der Waals surface area contributed by atoms with E-state index >= 15 is 0 Å². The number of nitrogens with zero attached hydrogens (tertiary/aromatic N) is 2. The minimum absolute atomic E-state index is 0.0803. The molecule has 0 atom stereocenters. The number of hydrogen-bond acceptors (Lipinski definition) is 3. The van der Waals surface area contributed by atoms with Gasteiger partial charge in [-0.05, 0) is 31.5 Å². The van der Waals surface area contributed by atoms with Crippen LogP contribution in [-0.4, -0.2) is 27.2 Å². The first-order chi connectivity index (χ1) is 8.22. The highest BCUT2D eigenvalue weighted by Crippen LogP contribution is 2.38. The van der Waals surface area contributed by atoms with Crippen LogP contribution in [0.3, 0.4) is 0 Å². The molecule has 1 aliphatic carbocycles. The van der Waals surface area contributed by atoms with E-state index in [0.29, 0.717) is 23.7 Å². The molecule has 0 aliphatic heterocycles. The minimum atomic E-state index is 0.0803. The molecule has 0 spiro atoms. The van der Waals surface area contributed by atoms with Gasteiger partial charge in [-0.3, -0.25) is 9.89 Å². The molecule has 1 heterocycles. The van der Waals surface area contributed by atoms with Crippen molar-refractivity contribution >= 4 is 18.1 Å². The monoisotopic (exact) mass is 254 g/mol. The van der Waals surface area contributed by atoms with Crippen LogP contribution in [0.5, 0.6) is 0 Å². The zero-order valence-corrected chi connectivity index (χ0v) is 10.8. The Morgan fingerprint density at radius 1 is 1.65 bits per heavy atom. The average Bonchev–Trinajstić information content (AvgIpc) is 3.09. The van der Waals surface area contributed by atoms with E-state index < -0.39 is 0 Å². The molecule has 1 saturated carbocycles. The molecular weight excluding hydrogens is 236 g/mol. The molecule has 1 fully saturated rings. The summed E-state index contributed by atoms with van der Waals surface area (Å²) in [7, 11) is 0. The smallest absolute Gasteiger partial charge is 0.221 e. The highest BCUT2D eigenvalue weighted by molar-refractivity contribution is 7.71. The van der Waals surface area contributed by atoms with Crippen LogP contribution in [0.2, 0.25) is 0 Å². The van der Waals surface area contributed by atoms with Crippen molar-refractivity contribution < 1.29 is 4.79 Å². The van der Waals surface area contributed by atoms with E-state index in [4.69, 9.17) is 12.2 Å². The quantitative estimate of drug-likeness (QED) is 0.760. The number of aromatic amines is 1. The molecule has 17 heavy (non-hydrogen) atoms. The predicted molar refractivity (Wildman–Crippen MR) is 67.3 cm³/mol. The van der Waals surface area contributed by atoms with E-state index in [2.05, 4.69) is 15.5 Å². The van der Waals surface area contributed by atoms with Crippen LogP contribution in [-0.2, 0) is 11.3 Å². The second-order valence-electron chi connectivity index (χ2n) is 4.41. The molecule has 6 heteroatoms. The van der Waals surface area contributed by atoms with E-state index in [1.54, 1.807) is 0 Å². The van der Waals surface area contributed by atoms with Gasteiger partial charge in [0.1, 0.15) is 5.82 Å². The molecule has 2 rings (SSSR count). The van der Waals surface area contributed by atoms with Crippen molar-refractivity contribution in [3.8, 4) is 0 Å². The van der Waals surface area contributed by atoms with E-state index in [0.717, 1.165) is 18.8 Å². The Labute approximate surface area is 106 Å². The van der Waals surface area contributed by atoms with Gasteiger partial charge in [0, 0.05) is 25.4 Å². The van der Waals surface area contributed by atoms with E-state index in [9.17, 15) is 4.79 Å². The van der Waals surface area contributed by atoms with Gasteiger partial charge in [-0.1, -0.05) is 6.92 Å². The second-order valence-corrected chi connectivity index (χ2v) is 4.80. The van der Waals surface area contributed by atoms with Crippen LogP contribution < -0.4 is 5.32 Å². The number of H-pyrrole nitrogens is 1. The molecule has 0 aromatic carbocycles. The molecule has 5 nitrogen and oxygen atoms in total. The van der Waals surface area contributed by atoms with Crippen LogP contribution in [0, 0.1) is 4.77 Å². The standard InChI is InChI=1S/C11H18N4OS/c1-2-6-12-9(16)5-7-15-10(8-3-4-8)13-14-11(15)17/h8H,2-7H2,1H3,(H,12,16)(H,14,17). The normalized spacial score (nSPS) is 14.9. The molecule has 0 unspecified atom stereocenters. The van der Waals surface area contributed by atoms with Crippen molar-refractivity contribution in [3.05, 3.63) is 10.6 Å². The van der Waals surface area contributed by atoms with Crippen molar-refractivity contribution in [2.45, 2.75) is 45.1 Å². The molecule has 94 valence electrons. The topological polar surface area (TPSA) is 62.7 Å². The molecule has 1 aromatic rings. The lowest BCUT2D eigenvalue weighted by Crippen LogP contribution is -2.25. The highest BCUT2D eigenvalue weighted by atomic mass is 32.1. The Bertz CT molecular complexity index is 447. The maximum absolute atomic E-state index is 11.5. The summed E-state index contributed by atoms with van der Waals surface area (Å²) in [5.74, 6) is 1.64. The number of carbonyl (C=O) groups excluding carboxylic acids is 1. The third-order valence-corrected chi connectivity index (χ3v) is 3.18. The van der Waals surface area contributed by atoms with Crippen LogP contribution in [0.25, 0.3) is 0 Å². The fraction of sp³-hybridized carbons (Fsp3) is 0.727. The molecule has 0 saturated heterocycles. The van der Waals surface area contributed by atoms with Gasteiger partial charge in [-0.2, -0.15) is 5.10 Å². The van der Waals surface area contributed by atoms with Gasteiger partial charge < -0.3 is 9.88 Å². The predicted octanol–water partition coefficient (Wildman–Crippen LogP) is 1.73. The lowest BCUT2D eigenvalue weighted by Gasteiger charge is -2.06. The van der Waals surface area contributed by atoms with Crippen LogP contribution >= 0.6 is 12.2 Å². The number of rotatable bonds is 6. The Balaban J connectivity index is 1.92. The SMILES string of the molecule is CCCNC(=O)CCn1c(C2CC2)n[nH]c1=S. The number of hydrogen-bond donors (Lipinski definition) is 2. The Morgan fingerprint density at radius 3 is 3.06 bits per heavy atom. The molecule has 2 N–H and O–H groups in total. The first kappa shape index (κ1) is 12.3. The zero-order valence-electron chi connectivity index (χ0n) is 10.0. The van der Waals surface area contributed by atoms with Crippen molar-refractivity contribution in [2.75, 3.05) is 6.54 Å². The number of amides is 1. The summed E-state index contributed by atoms with van der Waals surface area (Å²) in [6.45, 7) is 3.40. The summed E-state index contributed by atoms with van der Waals surface area (Å²) in [6, 6.07) is 0. The lowest BCUT2D eigenvalue weighted by molar-refractivity contribution is -0.121. The molecule has 1 aliphatic rings. The summed E-state index contributed by atoms with van der Waals surface area (Å²) in [6.07, 6.45) is 3.79. The number of aromatic nitrogens is 3. The van der Waals surface area contributed by atoms with Crippen LogP contribution in [0.4, 0.5) is 0 Å². The van der Waals surface area contributed by atoms with E-state index in [-0.39, 0.29) is 5.91 Å². The van der Waals surface area contributed by atoms with Gasteiger partial charge in [0.2, 0.25) is 5.91 Å². The maximum atomic E-state index is 11.5. The minimum Gasteiger partial charge on any atom is -0.356 e. The van der Waals surface area contributed by atoms with Crippen molar-refractivity contribution in [3.63, 3.8) is 0 Å². The third-order valence-electron chi connectivity index (χ3n) is 2.86. The van der Waals surface area contributed by atoms with Crippen molar-refractivity contribution in [1.82, 2.24) is 20.1 Å². The summed E-state index contributed by atoms with van der Waals surface area (Å²) in [4.78, 5) is 11.5. The summed E-state index contributed by atoms with van der Waals surface area (Å²) in [5, 5.41) is 9.90. The van der Waals surface area contributed by atoms with E-state index in [1.807, 2.05) is 11.5 Å².